The number of carbonyl (C=O) groups is 1. The Bertz CT molecular complexity index is 398. The highest BCUT2D eigenvalue weighted by atomic mass is 16.5. The summed E-state index contributed by atoms with van der Waals surface area (Å²) in [5.41, 5.74) is 1.89. The molecule has 0 unspecified atom stereocenters. The quantitative estimate of drug-likeness (QED) is 0.394. The van der Waals surface area contributed by atoms with Gasteiger partial charge in [-0.05, 0) is 30.9 Å². The standard InChI is InChI=1S/C19H30O2/c1-3-5-7-9-13-17-14-10-11-15-18(17)19(20)21-16-12-8-6-4-2/h10-11,14-15H,3-9,12-13,16H2,1-2H3. The fraction of sp³-hybridized carbons (Fsp3) is 0.632. The summed E-state index contributed by atoms with van der Waals surface area (Å²) in [5, 5.41) is 0. The van der Waals surface area contributed by atoms with Crippen molar-refractivity contribution in [3.63, 3.8) is 0 Å². The smallest absolute Gasteiger partial charge is 0.338 e. The van der Waals surface area contributed by atoms with Crippen LogP contribution in [0.5, 0.6) is 0 Å². The lowest BCUT2D eigenvalue weighted by Crippen LogP contribution is -2.09. The second-order valence-electron chi connectivity index (χ2n) is 5.66. The molecular formula is C19H30O2. The summed E-state index contributed by atoms with van der Waals surface area (Å²) < 4.78 is 5.40. The summed E-state index contributed by atoms with van der Waals surface area (Å²) in [6.45, 7) is 4.94. The predicted octanol–water partition coefficient (Wildman–Crippen LogP) is 5.55. The largest absolute Gasteiger partial charge is 0.462 e. The van der Waals surface area contributed by atoms with Crippen molar-refractivity contribution in [1.29, 1.82) is 0 Å². The molecule has 0 fully saturated rings. The highest BCUT2D eigenvalue weighted by Gasteiger charge is 2.11. The van der Waals surface area contributed by atoms with Crippen LogP contribution in [0.25, 0.3) is 0 Å². The maximum Gasteiger partial charge on any atom is 0.338 e. The first-order chi connectivity index (χ1) is 10.3. The Morgan fingerprint density at radius 2 is 1.57 bits per heavy atom. The minimum atomic E-state index is -0.155. The van der Waals surface area contributed by atoms with Crippen LogP contribution in [0.1, 0.15) is 81.1 Å². The maximum atomic E-state index is 12.2. The molecule has 1 aromatic carbocycles. The first-order valence-corrected chi connectivity index (χ1v) is 8.54. The highest BCUT2D eigenvalue weighted by Crippen LogP contribution is 2.15. The van der Waals surface area contributed by atoms with E-state index in [0.29, 0.717) is 6.61 Å². The van der Waals surface area contributed by atoms with Crippen molar-refractivity contribution in [2.24, 2.45) is 0 Å². The molecule has 0 bridgehead atoms. The summed E-state index contributed by atoms with van der Waals surface area (Å²) in [4.78, 5) is 12.2. The van der Waals surface area contributed by atoms with Crippen molar-refractivity contribution in [2.45, 2.75) is 71.6 Å². The number of hydrogen-bond donors (Lipinski definition) is 0. The van der Waals surface area contributed by atoms with Gasteiger partial charge in [-0.1, -0.05) is 70.6 Å². The van der Waals surface area contributed by atoms with Gasteiger partial charge in [0, 0.05) is 0 Å². The van der Waals surface area contributed by atoms with Crippen molar-refractivity contribution < 1.29 is 9.53 Å². The molecule has 0 saturated heterocycles. The molecule has 2 nitrogen and oxygen atoms in total. The molecule has 0 amide bonds. The van der Waals surface area contributed by atoms with E-state index in [2.05, 4.69) is 19.9 Å². The molecule has 1 aromatic rings. The molecule has 21 heavy (non-hydrogen) atoms. The Hall–Kier alpha value is -1.31. The molecule has 0 spiro atoms. The number of ether oxygens (including phenoxy) is 1. The third-order valence-corrected chi connectivity index (χ3v) is 3.77. The number of carbonyl (C=O) groups excluding carboxylic acids is 1. The van der Waals surface area contributed by atoms with Gasteiger partial charge in [0.15, 0.2) is 0 Å². The number of benzene rings is 1. The second kappa shape index (κ2) is 11.4. The molecule has 0 radical (unpaired) electrons. The van der Waals surface area contributed by atoms with Gasteiger partial charge in [-0.25, -0.2) is 4.79 Å². The zero-order chi connectivity index (χ0) is 15.3. The summed E-state index contributed by atoms with van der Waals surface area (Å²) >= 11 is 0. The molecule has 0 aliphatic carbocycles. The van der Waals surface area contributed by atoms with Crippen LogP contribution in [0, 0.1) is 0 Å². The average molecular weight is 290 g/mol. The molecule has 118 valence electrons. The van der Waals surface area contributed by atoms with Gasteiger partial charge in [-0.3, -0.25) is 0 Å². The van der Waals surface area contributed by atoms with Gasteiger partial charge in [0.05, 0.1) is 12.2 Å². The van der Waals surface area contributed by atoms with E-state index in [1.165, 1.54) is 32.1 Å². The first-order valence-electron chi connectivity index (χ1n) is 8.54. The van der Waals surface area contributed by atoms with Crippen LogP contribution in [-0.2, 0) is 11.2 Å². The van der Waals surface area contributed by atoms with Crippen LogP contribution >= 0.6 is 0 Å². The van der Waals surface area contributed by atoms with Crippen LogP contribution in [-0.4, -0.2) is 12.6 Å². The van der Waals surface area contributed by atoms with Crippen molar-refractivity contribution in [3.05, 3.63) is 35.4 Å². The molecule has 2 heteroatoms. The zero-order valence-corrected chi connectivity index (χ0v) is 13.7. The summed E-state index contributed by atoms with van der Waals surface area (Å²) in [6, 6.07) is 7.87. The SMILES string of the molecule is CCCCCCOC(=O)c1ccccc1CCCCCC. The number of aryl methyl sites for hydroxylation is 1. The van der Waals surface area contributed by atoms with Gasteiger partial charge in [0.25, 0.3) is 0 Å². The van der Waals surface area contributed by atoms with Gasteiger partial charge in [-0.15, -0.1) is 0 Å². The fourth-order valence-electron chi connectivity index (χ4n) is 2.45. The van der Waals surface area contributed by atoms with Crippen molar-refractivity contribution in [3.8, 4) is 0 Å². The van der Waals surface area contributed by atoms with E-state index >= 15 is 0 Å². The van der Waals surface area contributed by atoms with Gasteiger partial charge in [0.1, 0.15) is 0 Å². The maximum absolute atomic E-state index is 12.2. The van der Waals surface area contributed by atoms with Gasteiger partial charge < -0.3 is 4.74 Å². The summed E-state index contributed by atoms with van der Waals surface area (Å²) in [5.74, 6) is -0.155. The van der Waals surface area contributed by atoms with Crippen LogP contribution in [0.3, 0.4) is 0 Å². The van der Waals surface area contributed by atoms with Gasteiger partial charge >= 0.3 is 5.97 Å². The van der Waals surface area contributed by atoms with Gasteiger partial charge in [-0.2, -0.15) is 0 Å². The number of rotatable bonds is 11. The predicted molar refractivity (Wildman–Crippen MR) is 88.7 cm³/mol. The van der Waals surface area contributed by atoms with E-state index in [1.54, 1.807) is 0 Å². The minimum Gasteiger partial charge on any atom is -0.462 e. The monoisotopic (exact) mass is 290 g/mol. The lowest BCUT2D eigenvalue weighted by Gasteiger charge is -2.09. The molecular weight excluding hydrogens is 260 g/mol. The third kappa shape index (κ3) is 7.31. The second-order valence-corrected chi connectivity index (χ2v) is 5.66. The van der Waals surface area contributed by atoms with Crippen molar-refractivity contribution >= 4 is 5.97 Å². The normalized spacial score (nSPS) is 10.6. The zero-order valence-electron chi connectivity index (χ0n) is 13.7. The van der Waals surface area contributed by atoms with E-state index in [-0.39, 0.29) is 5.97 Å². The molecule has 0 N–H and O–H groups in total. The van der Waals surface area contributed by atoms with Crippen LogP contribution in [0.15, 0.2) is 24.3 Å². The van der Waals surface area contributed by atoms with E-state index in [0.717, 1.165) is 36.8 Å². The van der Waals surface area contributed by atoms with Gasteiger partial charge in [0.2, 0.25) is 0 Å². The Morgan fingerprint density at radius 1 is 0.905 bits per heavy atom. The molecule has 0 aliphatic rings. The number of unbranched alkanes of at least 4 members (excludes halogenated alkanes) is 6. The topological polar surface area (TPSA) is 26.3 Å². The van der Waals surface area contributed by atoms with Crippen molar-refractivity contribution in [1.82, 2.24) is 0 Å². The Kier molecular flexibility index (Phi) is 9.60. The third-order valence-electron chi connectivity index (χ3n) is 3.77. The van der Waals surface area contributed by atoms with Crippen LogP contribution in [0.2, 0.25) is 0 Å². The highest BCUT2D eigenvalue weighted by molar-refractivity contribution is 5.91. The Balaban J connectivity index is 2.43. The molecule has 1 rings (SSSR count). The molecule has 0 aliphatic heterocycles. The summed E-state index contributed by atoms with van der Waals surface area (Å²) in [7, 11) is 0. The first kappa shape index (κ1) is 17.7. The fourth-order valence-corrected chi connectivity index (χ4v) is 2.45. The lowest BCUT2D eigenvalue weighted by atomic mass is 10.0. The Labute approximate surface area is 129 Å². The Morgan fingerprint density at radius 3 is 2.29 bits per heavy atom. The molecule has 0 atom stereocenters. The van der Waals surface area contributed by atoms with E-state index in [9.17, 15) is 4.79 Å². The minimum absolute atomic E-state index is 0.155. The van der Waals surface area contributed by atoms with E-state index < -0.39 is 0 Å². The van der Waals surface area contributed by atoms with E-state index in [4.69, 9.17) is 4.74 Å². The lowest BCUT2D eigenvalue weighted by molar-refractivity contribution is 0.0496. The average Bonchev–Trinajstić information content (AvgIpc) is 2.51. The molecule has 0 aromatic heterocycles. The summed E-state index contributed by atoms with van der Waals surface area (Å²) in [6.07, 6.45) is 10.4. The van der Waals surface area contributed by atoms with Crippen LogP contribution < -0.4 is 0 Å². The van der Waals surface area contributed by atoms with Crippen molar-refractivity contribution in [2.75, 3.05) is 6.61 Å². The number of esters is 1. The molecule has 0 saturated carbocycles. The van der Waals surface area contributed by atoms with Crippen LogP contribution in [0.4, 0.5) is 0 Å². The molecule has 0 heterocycles. The van der Waals surface area contributed by atoms with E-state index in [1.807, 2.05) is 18.2 Å². The number of hydrogen-bond acceptors (Lipinski definition) is 2.